The van der Waals surface area contributed by atoms with E-state index in [1.165, 1.54) is 6.07 Å². The summed E-state index contributed by atoms with van der Waals surface area (Å²) < 4.78 is 14.6. The molecule has 0 spiro atoms. The predicted molar refractivity (Wildman–Crippen MR) is 62.6 cm³/mol. The summed E-state index contributed by atoms with van der Waals surface area (Å²) in [4.78, 5) is 15.6. The predicted octanol–water partition coefficient (Wildman–Crippen LogP) is 1.16. The van der Waals surface area contributed by atoms with E-state index in [0.717, 1.165) is 12.1 Å². The smallest absolute Gasteiger partial charge is 0.255 e. The van der Waals surface area contributed by atoms with Gasteiger partial charge in [0.05, 0.1) is 11.9 Å². The highest BCUT2D eigenvalue weighted by Gasteiger charge is 2.10. The number of phenolic OH excluding ortho intramolecular Hbond substituents is 1. The largest absolute Gasteiger partial charge is 0.507 e. The molecule has 0 saturated carbocycles. The van der Waals surface area contributed by atoms with Crippen molar-refractivity contribution in [3.05, 3.63) is 48.3 Å². The molecule has 1 heterocycles. The van der Waals surface area contributed by atoms with E-state index in [-0.39, 0.29) is 11.3 Å². The summed E-state index contributed by atoms with van der Waals surface area (Å²) in [6.07, 6.45) is 5.07. The monoisotopic (exact) mass is 249 g/mol. The molecule has 0 atom stereocenters. The first kappa shape index (κ1) is 12.1. The molecule has 1 aromatic heterocycles. The van der Waals surface area contributed by atoms with Crippen LogP contribution >= 0.6 is 0 Å². The average Bonchev–Trinajstić information content (AvgIpc) is 2.81. The summed E-state index contributed by atoms with van der Waals surface area (Å²) in [6, 6.07) is 3.28. The molecule has 0 aliphatic rings. The highest BCUT2D eigenvalue weighted by atomic mass is 19.1. The van der Waals surface area contributed by atoms with Crippen LogP contribution in [0.3, 0.4) is 0 Å². The van der Waals surface area contributed by atoms with Crippen molar-refractivity contribution in [1.82, 2.24) is 14.9 Å². The van der Waals surface area contributed by atoms with E-state index < -0.39 is 11.7 Å². The van der Waals surface area contributed by atoms with Gasteiger partial charge in [-0.2, -0.15) is 0 Å². The lowest BCUT2D eigenvalue weighted by Gasteiger charge is -2.07. The number of hydrogen-bond acceptors (Lipinski definition) is 3. The van der Waals surface area contributed by atoms with E-state index in [1.807, 2.05) is 4.57 Å². The fraction of sp³-hybridized carbons (Fsp3) is 0.167. The second-order valence-electron chi connectivity index (χ2n) is 3.72. The fourth-order valence-electron chi connectivity index (χ4n) is 1.51. The molecule has 0 radical (unpaired) electrons. The zero-order valence-corrected chi connectivity index (χ0v) is 9.51. The van der Waals surface area contributed by atoms with Crippen LogP contribution in [0.25, 0.3) is 0 Å². The highest BCUT2D eigenvalue weighted by molar-refractivity contribution is 5.96. The van der Waals surface area contributed by atoms with Crippen molar-refractivity contribution in [2.45, 2.75) is 6.54 Å². The molecule has 5 nitrogen and oxygen atoms in total. The summed E-state index contributed by atoms with van der Waals surface area (Å²) in [7, 11) is 0. The van der Waals surface area contributed by atoms with Crippen molar-refractivity contribution in [2.75, 3.05) is 6.54 Å². The molecule has 1 aromatic carbocycles. The Morgan fingerprint density at radius 3 is 3.00 bits per heavy atom. The number of nitrogens with one attached hydrogen (secondary N) is 1. The van der Waals surface area contributed by atoms with E-state index in [9.17, 15) is 14.3 Å². The molecule has 0 aliphatic carbocycles. The maximum atomic E-state index is 12.7. The summed E-state index contributed by atoms with van der Waals surface area (Å²) in [5.74, 6) is -1.38. The lowest BCUT2D eigenvalue weighted by molar-refractivity contribution is 0.0949. The lowest BCUT2D eigenvalue weighted by atomic mass is 10.2. The van der Waals surface area contributed by atoms with Gasteiger partial charge in [0.15, 0.2) is 0 Å². The fourth-order valence-corrected chi connectivity index (χ4v) is 1.51. The Bertz CT molecular complexity index is 540. The quantitative estimate of drug-likeness (QED) is 0.854. The van der Waals surface area contributed by atoms with Crippen LogP contribution in [0, 0.1) is 5.82 Å². The number of aromatic hydroxyl groups is 1. The summed E-state index contributed by atoms with van der Waals surface area (Å²) in [5.41, 5.74) is 0.0574. The molecule has 0 bridgehead atoms. The number of carbonyl (C=O) groups is 1. The average molecular weight is 249 g/mol. The van der Waals surface area contributed by atoms with Gasteiger partial charge in [-0.3, -0.25) is 4.79 Å². The van der Waals surface area contributed by atoms with Crippen LogP contribution in [0.4, 0.5) is 4.39 Å². The van der Waals surface area contributed by atoms with Gasteiger partial charge in [0.1, 0.15) is 11.6 Å². The Morgan fingerprint density at radius 1 is 1.50 bits per heavy atom. The number of benzene rings is 1. The van der Waals surface area contributed by atoms with Crippen LogP contribution in [0.15, 0.2) is 36.9 Å². The molecule has 2 rings (SSSR count). The van der Waals surface area contributed by atoms with E-state index in [0.29, 0.717) is 13.1 Å². The zero-order chi connectivity index (χ0) is 13.0. The normalized spacial score (nSPS) is 10.3. The first-order valence-corrected chi connectivity index (χ1v) is 5.39. The Hall–Kier alpha value is -2.37. The molecule has 0 fully saturated rings. The molecule has 0 aliphatic heterocycles. The Balaban J connectivity index is 1.91. The van der Waals surface area contributed by atoms with E-state index in [2.05, 4.69) is 10.3 Å². The topological polar surface area (TPSA) is 67.2 Å². The third-order valence-electron chi connectivity index (χ3n) is 2.42. The maximum absolute atomic E-state index is 12.7. The Kier molecular flexibility index (Phi) is 3.57. The van der Waals surface area contributed by atoms with Crippen molar-refractivity contribution in [1.29, 1.82) is 0 Å². The van der Waals surface area contributed by atoms with Gasteiger partial charge in [0, 0.05) is 31.5 Å². The van der Waals surface area contributed by atoms with E-state index in [1.54, 1.807) is 18.7 Å². The van der Waals surface area contributed by atoms with Crippen LogP contribution in [0.5, 0.6) is 5.75 Å². The molecule has 94 valence electrons. The van der Waals surface area contributed by atoms with E-state index in [4.69, 9.17) is 0 Å². The molecular weight excluding hydrogens is 237 g/mol. The van der Waals surface area contributed by atoms with Gasteiger partial charge >= 0.3 is 0 Å². The minimum atomic E-state index is -0.581. The molecule has 1 amide bonds. The second kappa shape index (κ2) is 5.31. The highest BCUT2D eigenvalue weighted by Crippen LogP contribution is 2.17. The van der Waals surface area contributed by atoms with Crippen molar-refractivity contribution in [3.63, 3.8) is 0 Å². The van der Waals surface area contributed by atoms with Gasteiger partial charge in [0.2, 0.25) is 0 Å². The number of nitrogens with zero attached hydrogens (tertiary/aromatic N) is 2. The van der Waals surface area contributed by atoms with Gasteiger partial charge in [0.25, 0.3) is 5.91 Å². The van der Waals surface area contributed by atoms with E-state index >= 15 is 0 Å². The Morgan fingerprint density at radius 2 is 2.33 bits per heavy atom. The molecule has 0 saturated heterocycles. The molecule has 0 unspecified atom stereocenters. The molecule has 2 N–H and O–H groups in total. The zero-order valence-electron chi connectivity index (χ0n) is 9.51. The number of imidazole rings is 1. The maximum Gasteiger partial charge on any atom is 0.255 e. The summed E-state index contributed by atoms with van der Waals surface area (Å²) in [5, 5.41) is 12.1. The number of phenols is 1. The number of amides is 1. The minimum absolute atomic E-state index is 0.0574. The van der Waals surface area contributed by atoms with Gasteiger partial charge in [-0.05, 0) is 12.1 Å². The first-order chi connectivity index (χ1) is 8.66. The number of carbonyl (C=O) groups excluding carboxylic acids is 1. The van der Waals surface area contributed by atoms with Crippen LogP contribution in [-0.4, -0.2) is 27.1 Å². The van der Waals surface area contributed by atoms with Crippen LogP contribution in [0.2, 0.25) is 0 Å². The third-order valence-corrected chi connectivity index (χ3v) is 2.42. The van der Waals surface area contributed by atoms with Crippen molar-refractivity contribution in [3.8, 4) is 5.75 Å². The number of rotatable bonds is 4. The molecule has 6 heteroatoms. The summed E-state index contributed by atoms with van der Waals surface area (Å²) >= 11 is 0. The van der Waals surface area contributed by atoms with Crippen molar-refractivity contribution < 1.29 is 14.3 Å². The van der Waals surface area contributed by atoms with Crippen molar-refractivity contribution >= 4 is 5.91 Å². The van der Waals surface area contributed by atoms with Crippen molar-refractivity contribution in [2.24, 2.45) is 0 Å². The number of hydrogen-bond donors (Lipinski definition) is 2. The number of halogens is 1. The Labute approximate surface area is 103 Å². The molecule has 2 aromatic rings. The molecular formula is C12H12FN3O2. The SMILES string of the molecule is O=C(NCCn1ccnc1)c1ccc(F)cc1O. The van der Waals surface area contributed by atoms with Crippen LogP contribution in [0.1, 0.15) is 10.4 Å². The van der Waals surface area contributed by atoms with Gasteiger partial charge < -0.3 is 15.0 Å². The summed E-state index contributed by atoms with van der Waals surface area (Å²) in [6.45, 7) is 0.972. The second-order valence-corrected chi connectivity index (χ2v) is 3.72. The van der Waals surface area contributed by atoms with Crippen LogP contribution < -0.4 is 5.32 Å². The van der Waals surface area contributed by atoms with Gasteiger partial charge in [-0.1, -0.05) is 0 Å². The van der Waals surface area contributed by atoms with Gasteiger partial charge in [-0.15, -0.1) is 0 Å². The third kappa shape index (κ3) is 2.85. The van der Waals surface area contributed by atoms with Crippen LogP contribution in [-0.2, 0) is 6.54 Å². The standard InChI is InChI=1S/C12H12FN3O2/c13-9-1-2-10(11(17)7-9)12(18)15-4-6-16-5-3-14-8-16/h1-3,5,7-8,17H,4,6H2,(H,15,18). The lowest BCUT2D eigenvalue weighted by Crippen LogP contribution is -2.27. The van der Waals surface area contributed by atoms with Gasteiger partial charge in [-0.25, -0.2) is 9.37 Å². The number of aromatic nitrogens is 2. The first-order valence-electron chi connectivity index (χ1n) is 5.39. The molecule has 18 heavy (non-hydrogen) atoms. The minimum Gasteiger partial charge on any atom is -0.507 e.